The molecule has 2 nitrogen and oxygen atoms in total. The number of unbranched alkanes of at least 4 members (excludes halogenated alkanes) is 2. The molecule has 2 aromatic heterocycles. The van der Waals surface area contributed by atoms with Crippen molar-refractivity contribution in [1.82, 2.24) is 0 Å². The number of rotatable bonds is 12. The van der Waals surface area contributed by atoms with Crippen molar-refractivity contribution in [1.29, 1.82) is 0 Å². The Hall–Kier alpha value is -1.70. The normalized spacial score (nSPS) is 11.5. The fourth-order valence-corrected chi connectivity index (χ4v) is 5.46. The molecule has 4 heteroatoms. The van der Waals surface area contributed by atoms with Gasteiger partial charge in [0, 0.05) is 0 Å². The van der Waals surface area contributed by atoms with Gasteiger partial charge in [0.25, 0.3) is 0 Å². The van der Waals surface area contributed by atoms with E-state index in [1.807, 2.05) is 0 Å². The standard InChI is InChI=1S/C26H30O2Se2/c1-3-5-15-27-25-19-22(12-14-24-10-8-18-30-24)26(28-16-6-4-2)20-21(25)11-13-23-9-7-17-29-23/h7-14,17-20H,3-6,15-16H2,1-2H3/b13-11+,14-12+. The summed E-state index contributed by atoms with van der Waals surface area (Å²) in [5.74, 6) is 1.87. The first-order valence-electron chi connectivity index (χ1n) is 10.7. The first-order chi connectivity index (χ1) is 14.8. The van der Waals surface area contributed by atoms with Gasteiger partial charge in [-0.3, -0.25) is 0 Å². The fourth-order valence-electron chi connectivity index (χ4n) is 2.87. The maximum atomic E-state index is 6.19. The van der Waals surface area contributed by atoms with E-state index in [4.69, 9.17) is 9.47 Å². The third-order valence-corrected chi connectivity index (χ3v) is 8.11. The summed E-state index contributed by atoms with van der Waals surface area (Å²) in [5, 5.41) is 0. The predicted molar refractivity (Wildman–Crippen MR) is 132 cm³/mol. The van der Waals surface area contributed by atoms with Crippen LogP contribution in [0.1, 0.15) is 59.5 Å². The Morgan fingerprint density at radius 3 is 1.53 bits per heavy atom. The molecule has 0 spiro atoms. The molecule has 0 amide bonds. The summed E-state index contributed by atoms with van der Waals surface area (Å²) in [7, 11) is 0. The van der Waals surface area contributed by atoms with Crippen LogP contribution >= 0.6 is 0 Å². The Bertz CT molecular complexity index is 844. The van der Waals surface area contributed by atoms with Crippen LogP contribution in [0.25, 0.3) is 24.3 Å². The van der Waals surface area contributed by atoms with Crippen LogP contribution in [-0.2, 0) is 0 Å². The molecule has 30 heavy (non-hydrogen) atoms. The third kappa shape index (κ3) is 7.22. The fraction of sp³-hybridized carbons (Fsp3) is 0.308. The van der Waals surface area contributed by atoms with Crippen LogP contribution in [0, 0.1) is 0 Å². The second kappa shape index (κ2) is 12.9. The van der Waals surface area contributed by atoms with Crippen molar-refractivity contribution < 1.29 is 9.47 Å². The predicted octanol–water partition coefficient (Wildman–Crippen LogP) is 6.50. The molecular weight excluding hydrogens is 502 g/mol. The Labute approximate surface area is 192 Å². The molecule has 3 rings (SSSR count). The van der Waals surface area contributed by atoms with Crippen LogP contribution in [0.5, 0.6) is 11.5 Å². The van der Waals surface area contributed by atoms with Gasteiger partial charge < -0.3 is 0 Å². The zero-order valence-electron chi connectivity index (χ0n) is 17.8. The van der Waals surface area contributed by atoms with Crippen LogP contribution in [0.4, 0.5) is 0 Å². The van der Waals surface area contributed by atoms with Gasteiger partial charge in [0.2, 0.25) is 0 Å². The summed E-state index contributed by atoms with van der Waals surface area (Å²) in [5.41, 5.74) is 2.17. The molecule has 0 saturated carbocycles. The second-order valence-electron chi connectivity index (χ2n) is 7.03. The van der Waals surface area contributed by atoms with E-state index in [2.05, 4.69) is 84.4 Å². The van der Waals surface area contributed by atoms with Gasteiger partial charge in [0.1, 0.15) is 0 Å². The van der Waals surface area contributed by atoms with E-state index in [1.165, 1.54) is 8.87 Å². The average molecular weight is 532 g/mol. The number of ether oxygens (including phenoxy) is 2. The maximum absolute atomic E-state index is 6.19. The quantitative estimate of drug-likeness (QED) is 0.196. The zero-order chi connectivity index (χ0) is 21.0. The van der Waals surface area contributed by atoms with Gasteiger partial charge in [-0.1, -0.05) is 0 Å². The molecule has 0 atom stereocenters. The molecule has 0 N–H and O–H groups in total. The number of hydrogen-bond donors (Lipinski definition) is 0. The van der Waals surface area contributed by atoms with Crippen LogP contribution in [0.15, 0.2) is 46.3 Å². The topological polar surface area (TPSA) is 18.5 Å². The molecule has 0 unspecified atom stereocenters. The summed E-state index contributed by atoms with van der Waals surface area (Å²) >= 11 is 0.876. The SMILES string of the molecule is CCCCOc1cc(/C=C/c2ccc[se]2)c(OCCCC)cc1/C=C/c1ccc[se]1. The second-order valence-corrected chi connectivity index (χ2v) is 11.1. The Morgan fingerprint density at radius 2 is 1.17 bits per heavy atom. The van der Waals surface area contributed by atoms with Gasteiger partial charge in [-0.25, -0.2) is 0 Å². The molecule has 0 aliphatic carbocycles. The first-order valence-corrected chi connectivity index (χ1v) is 14.4. The van der Waals surface area contributed by atoms with Gasteiger partial charge in [0.05, 0.1) is 0 Å². The summed E-state index contributed by atoms with van der Waals surface area (Å²) in [6, 6.07) is 13.0. The van der Waals surface area contributed by atoms with Crippen molar-refractivity contribution in [2.45, 2.75) is 39.5 Å². The minimum atomic E-state index is 0.438. The van der Waals surface area contributed by atoms with Gasteiger partial charge in [0.15, 0.2) is 0 Å². The molecule has 0 radical (unpaired) electrons. The molecule has 0 fully saturated rings. The summed E-state index contributed by atoms with van der Waals surface area (Å²) in [6.07, 6.45) is 13.1. The van der Waals surface area contributed by atoms with Crippen LogP contribution < -0.4 is 9.47 Å². The van der Waals surface area contributed by atoms with Gasteiger partial charge in [-0.15, -0.1) is 0 Å². The Kier molecular flexibility index (Phi) is 9.86. The Morgan fingerprint density at radius 1 is 0.700 bits per heavy atom. The van der Waals surface area contributed by atoms with E-state index in [1.54, 1.807) is 0 Å². The number of hydrogen-bond acceptors (Lipinski definition) is 2. The van der Waals surface area contributed by atoms with E-state index in [-0.39, 0.29) is 0 Å². The van der Waals surface area contributed by atoms with Crippen LogP contribution in [-0.4, -0.2) is 42.2 Å². The Balaban J connectivity index is 1.94. The van der Waals surface area contributed by atoms with Crippen molar-refractivity contribution in [2.75, 3.05) is 13.2 Å². The van der Waals surface area contributed by atoms with Crippen molar-refractivity contribution in [3.05, 3.63) is 66.3 Å². The van der Waals surface area contributed by atoms with Gasteiger partial charge in [-0.2, -0.15) is 0 Å². The van der Waals surface area contributed by atoms with E-state index >= 15 is 0 Å². The van der Waals surface area contributed by atoms with Crippen LogP contribution in [0.2, 0.25) is 0 Å². The van der Waals surface area contributed by atoms with Gasteiger partial charge >= 0.3 is 193 Å². The molecule has 0 aliphatic rings. The summed E-state index contributed by atoms with van der Waals surface area (Å²) < 4.78 is 15.1. The van der Waals surface area contributed by atoms with Crippen molar-refractivity contribution >= 4 is 53.3 Å². The molecule has 0 aliphatic heterocycles. The van der Waals surface area contributed by atoms with E-state index in [0.717, 1.165) is 61.5 Å². The van der Waals surface area contributed by atoms with E-state index < -0.39 is 0 Å². The molecular formula is C26H30O2Se2. The van der Waals surface area contributed by atoms with Crippen LogP contribution in [0.3, 0.4) is 0 Å². The zero-order valence-corrected chi connectivity index (χ0v) is 21.2. The molecule has 0 saturated heterocycles. The summed E-state index contributed by atoms with van der Waals surface area (Å²) in [4.78, 5) is 4.49. The average Bonchev–Trinajstić information content (AvgIpc) is 3.46. The van der Waals surface area contributed by atoms with E-state index in [9.17, 15) is 0 Å². The molecule has 1 aromatic carbocycles. The number of benzene rings is 1. The molecule has 2 heterocycles. The molecule has 158 valence electrons. The van der Waals surface area contributed by atoms with Gasteiger partial charge in [-0.05, 0) is 0 Å². The molecule has 3 aromatic rings. The van der Waals surface area contributed by atoms with Crippen molar-refractivity contribution in [2.24, 2.45) is 0 Å². The first kappa shape index (κ1) is 23.0. The molecule has 0 bridgehead atoms. The minimum absolute atomic E-state index is 0.438. The van der Waals surface area contributed by atoms with E-state index in [0.29, 0.717) is 29.0 Å². The van der Waals surface area contributed by atoms with Crippen molar-refractivity contribution in [3.8, 4) is 11.5 Å². The third-order valence-electron chi connectivity index (χ3n) is 4.59. The summed E-state index contributed by atoms with van der Waals surface area (Å²) in [6.45, 7) is 5.86. The van der Waals surface area contributed by atoms with Crippen molar-refractivity contribution in [3.63, 3.8) is 0 Å². The monoisotopic (exact) mass is 534 g/mol.